The van der Waals surface area contributed by atoms with Crippen molar-refractivity contribution in [3.63, 3.8) is 0 Å². The molecule has 1 aromatic heterocycles. The summed E-state index contributed by atoms with van der Waals surface area (Å²) in [7, 11) is 1.58. The van der Waals surface area contributed by atoms with Crippen LogP contribution in [-0.2, 0) is 6.54 Å². The molecule has 26 heavy (non-hydrogen) atoms. The van der Waals surface area contributed by atoms with Gasteiger partial charge in [0.1, 0.15) is 5.75 Å². The molecule has 0 aliphatic rings. The van der Waals surface area contributed by atoms with E-state index in [2.05, 4.69) is 9.56 Å². The van der Waals surface area contributed by atoms with Crippen molar-refractivity contribution in [2.24, 2.45) is 4.99 Å². The van der Waals surface area contributed by atoms with Gasteiger partial charge >= 0.3 is 0 Å². The number of hydrogen-bond donors (Lipinski definition) is 0. The fourth-order valence-corrected chi connectivity index (χ4v) is 3.96. The lowest BCUT2D eigenvalue weighted by Gasteiger charge is -2.07. The van der Waals surface area contributed by atoms with E-state index in [0.717, 1.165) is 16.1 Å². The van der Waals surface area contributed by atoms with Crippen molar-refractivity contribution in [2.75, 3.05) is 7.11 Å². The highest BCUT2D eigenvalue weighted by Gasteiger charge is 2.13. The van der Waals surface area contributed by atoms with Crippen LogP contribution in [0.3, 0.4) is 0 Å². The van der Waals surface area contributed by atoms with Gasteiger partial charge in [-0.2, -0.15) is 4.99 Å². The van der Waals surface area contributed by atoms with E-state index in [-0.39, 0.29) is 5.91 Å². The Morgan fingerprint density at radius 1 is 1.23 bits per heavy atom. The van der Waals surface area contributed by atoms with Crippen molar-refractivity contribution in [2.45, 2.75) is 20.4 Å². The number of aryl methyl sites for hydroxylation is 1. The lowest BCUT2D eigenvalue weighted by atomic mass is 10.1. The van der Waals surface area contributed by atoms with E-state index in [1.165, 1.54) is 11.3 Å². The maximum atomic E-state index is 12.6. The molecule has 2 aromatic carbocycles. The van der Waals surface area contributed by atoms with E-state index >= 15 is 0 Å². The smallest absolute Gasteiger partial charge is 0.279 e. The third-order valence-electron chi connectivity index (χ3n) is 4.03. The first-order chi connectivity index (χ1) is 12.5. The second-order valence-corrected chi connectivity index (χ2v) is 7.31. The Kier molecular flexibility index (Phi) is 5.59. The van der Waals surface area contributed by atoms with Gasteiger partial charge in [0.05, 0.1) is 12.8 Å². The van der Waals surface area contributed by atoms with Crippen molar-refractivity contribution in [3.8, 4) is 17.0 Å². The highest BCUT2D eigenvalue weighted by molar-refractivity contribution is 7.09. The Balaban J connectivity index is 2.07. The second kappa shape index (κ2) is 7.89. The first-order valence-electron chi connectivity index (χ1n) is 8.22. The minimum atomic E-state index is -0.282. The normalized spacial score (nSPS) is 11.6. The summed E-state index contributed by atoms with van der Waals surface area (Å²) in [5.41, 5.74) is 2.62. The van der Waals surface area contributed by atoms with Gasteiger partial charge < -0.3 is 9.30 Å². The molecule has 3 aromatic rings. The molecule has 4 nitrogen and oxygen atoms in total. The molecule has 0 fully saturated rings. The van der Waals surface area contributed by atoms with Crippen molar-refractivity contribution >= 4 is 28.8 Å². The van der Waals surface area contributed by atoms with Crippen molar-refractivity contribution in [1.82, 2.24) is 4.57 Å². The molecule has 0 aliphatic heterocycles. The molecule has 134 valence electrons. The number of carbonyl (C=O) groups is 1. The molecule has 0 atom stereocenters. The van der Waals surface area contributed by atoms with Crippen LogP contribution in [0.2, 0.25) is 5.02 Å². The zero-order valence-electron chi connectivity index (χ0n) is 14.8. The average molecular weight is 387 g/mol. The second-order valence-electron chi connectivity index (χ2n) is 5.69. The third-order valence-corrected chi connectivity index (χ3v) is 5.27. The van der Waals surface area contributed by atoms with Crippen LogP contribution in [0.4, 0.5) is 0 Å². The number of benzene rings is 2. The molecule has 1 amide bonds. The van der Waals surface area contributed by atoms with Crippen LogP contribution in [0.15, 0.2) is 53.5 Å². The van der Waals surface area contributed by atoms with Gasteiger partial charge in [-0.15, -0.1) is 11.3 Å². The van der Waals surface area contributed by atoms with E-state index in [1.54, 1.807) is 31.4 Å². The number of halogens is 1. The first-order valence-corrected chi connectivity index (χ1v) is 9.42. The average Bonchev–Trinajstić information content (AvgIpc) is 2.97. The summed E-state index contributed by atoms with van der Waals surface area (Å²) in [5, 5.41) is 0.697. The van der Waals surface area contributed by atoms with E-state index in [9.17, 15) is 4.79 Å². The summed E-state index contributed by atoms with van der Waals surface area (Å²) in [6, 6.07) is 14.7. The molecule has 0 unspecified atom stereocenters. The number of thiazole rings is 1. The Bertz CT molecular complexity index is 1000. The quantitative estimate of drug-likeness (QED) is 0.636. The molecule has 3 rings (SSSR count). The lowest BCUT2D eigenvalue weighted by Crippen LogP contribution is -2.17. The van der Waals surface area contributed by atoms with Crippen molar-refractivity contribution < 1.29 is 9.53 Å². The predicted octanol–water partition coefficient (Wildman–Crippen LogP) is 4.95. The van der Waals surface area contributed by atoms with E-state index < -0.39 is 0 Å². The molecular weight excluding hydrogens is 368 g/mol. The van der Waals surface area contributed by atoms with Crippen LogP contribution in [0.25, 0.3) is 11.3 Å². The third kappa shape index (κ3) is 3.74. The molecule has 0 N–H and O–H groups in total. The van der Waals surface area contributed by atoms with Gasteiger partial charge in [0.25, 0.3) is 5.91 Å². The summed E-state index contributed by atoms with van der Waals surface area (Å²) in [5.74, 6) is 0.355. The maximum absolute atomic E-state index is 12.6. The Morgan fingerprint density at radius 2 is 1.96 bits per heavy atom. The Labute approximate surface area is 161 Å². The number of amides is 1. The summed E-state index contributed by atoms with van der Waals surface area (Å²) in [4.78, 5) is 18.8. The van der Waals surface area contributed by atoms with Crippen molar-refractivity contribution in [1.29, 1.82) is 0 Å². The number of aromatic nitrogens is 1. The van der Waals surface area contributed by atoms with E-state index in [0.29, 0.717) is 27.7 Å². The van der Waals surface area contributed by atoms with Gasteiger partial charge in [-0.05, 0) is 49.7 Å². The van der Waals surface area contributed by atoms with E-state index in [1.807, 2.05) is 38.1 Å². The number of hydrogen-bond acceptors (Lipinski definition) is 3. The standard InChI is InChI=1S/C20H19ClN2O2S/c1-4-23-18(14-8-10-16(21)11-9-14)13(2)26-20(23)22-19(24)15-6-5-7-17(12-15)25-3/h5-12H,4H2,1-3H3. The predicted molar refractivity (Wildman–Crippen MR) is 106 cm³/mol. The summed E-state index contributed by atoms with van der Waals surface area (Å²) in [6.45, 7) is 4.79. The highest BCUT2D eigenvalue weighted by Crippen LogP contribution is 2.26. The molecule has 0 saturated heterocycles. The van der Waals surface area contributed by atoms with Crippen LogP contribution in [0.1, 0.15) is 22.2 Å². The molecular formula is C20H19ClN2O2S. The first kappa shape index (κ1) is 18.4. The molecule has 0 spiro atoms. The molecule has 6 heteroatoms. The maximum Gasteiger partial charge on any atom is 0.279 e. The summed E-state index contributed by atoms with van der Waals surface area (Å²) in [6.07, 6.45) is 0. The molecule has 0 radical (unpaired) electrons. The fourth-order valence-electron chi connectivity index (χ4n) is 2.78. The Morgan fingerprint density at radius 3 is 2.62 bits per heavy atom. The van der Waals surface area contributed by atoms with Crippen LogP contribution < -0.4 is 9.54 Å². The van der Waals surface area contributed by atoms with Crippen LogP contribution >= 0.6 is 22.9 Å². The molecule has 0 bridgehead atoms. The highest BCUT2D eigenvalue weighted by atomic mass is 35.5. The number of nitrogens with zero attached hydrogens (tertiary/aromatic N) is 2. The van der Waals surface area contributed by atoms with Crippen LogP contribution in [0, 0.1) is 6.92 Å². The van der Waals surface area contributed by atoms with Gasteiger partial charge in [-0.25, -0.2) is 0 Å². The fraction of sp³-hybridized carbons (Fsp3) is 0.200. The molecule has 0 saturated carbocycles. The topological polar surface area (TPSA) is 43.6 Å². The minimum absolute atomic E-state index is 0.282. The SMILES string of the molecule is CCn1c(-c2ccc(Cl)cc2)c(C)sc1=NC(=O)c1cccc(OC)c1. The largest absolute Gasteiger partial charge is 0.497 e. The van der Waals surface area contributed by atoms with Crippen LogP contribution in [-0.4, -0.2) is 17.6 Å². The van der Waals surface area contributed by atoms with E-state index in [4.69, 9.17) is 16.3 Å². The summed E-state index contributed by atoms with van der Waals surface area (Å²) < 4.78 is 7.24. The summed E-state index contributed by atoms with van der Waals surface area (Å²) >= 11 is 7.51. The number of methoxy groups -OCH3 is 1. The molecule has 1 heterocycles. The van der Waals surface area contributed by atoms with Gasteiger partial charge in [0.15, 0.2) is 4.80 Å². The number of rotatable bonds is 4. The number of carbonyl (C=O) groups excluding carboxylic acids is 1. The zero-order chi connectivity index (χ0) is 18.7. The Hall–Kier alpha value is -2.37. The van der Waals surface area contributed by atoms with Gasteiger partial charge in [-0.3, -0.25) is 4.79 Å². The van der Waals surface area contributed by atoms with Gasteiger partial charge in [-0.1, -0.05) is 29.8 Å². The number of ether oxygens (including phenoxy) is 1. The van der Waals surface area contributed by atoms with Crippen LogP contribution in [0.5, 0.6) is 5.75 Å². The lowest BCUT2D eigenvalue weighted by molar-refractivity contribution is 0.0997. The monoisotopic (exact) mass is 386 g/mol. The van der Waals surface area contributed by atoms with Gasteiger partial charge in [0, 0.05) is 22.0 Å². The minimum Gasteiger partial charge on any atom is -0.497 e. The van der Waals surface area contributed by atoms with Crippen molar-refractivity contribution in [3.05, 3.63) is 68.8 Å². The zero-order valence-corrected chi connectivity index (χ0v) is 16.4. The molecule has 0 aliphatic carbocycles. The van der Waals surface area contributed by atoms with Gasteiger partial charge in [0.2, 0.25) is 0 Å².